The summed E-state index contributed by atoms with van der Waals surface area (Å²) < 4.78 is 0. The summed E-state index contributed by atoms with van der Waals surface area (Å²) in [7, 11) is 0. The lowest BCUT2D eigenvalue weighted by molar-refractivity contribution is -0.142. The number of rotatable bonds is 12. The topological polar surface area (TPSA) is 151 Å². The second kappa shape index (κ2) is 12.5. The van der Waals surface area contributed by atoms with Crippen LogP contribution in [0.1, 0.15) is 32.3 Å². The van der Waals surface area contributed by atoms with Gasteiger partial charge in [-0.3, -0.25) is 14.4 Å². The van der Waals surface area contributed by atoms with Gasteiger partial charge in [-0.1, -0.05) is 44.2 Å². The van der Waals surface area contributed by atoms with Gasteiger partial charge in [0.25, 0.3) is 0 Å². The van der Waals surface area contributed by atoms with Crippen LogP contribution in [-0.2, 0) is 25.6 Å². The summed E-state index contributed by atoms with van der Waals surface area (Å²) in [5.74, 6) is -2.56. The predicted octanol–water partition coefficient (Wildman–Crippen LogP) is -0.206. The van der Waals surface area contributed by atoms with Crippen LogP contribution in [0.15, 0.2) is 30.3 Å². The molecule has 0 aliphatic rings. The number of carbonyl (C=O) groups excluding carboxylic acids is 3. The number of nitrogens with two attached hydrogens (primary N) is 1. The third-order valence-corrected chi connectivity index (χ3v) is 4.07. The van der Waals surface area contributed by atoms with Crippen LogP contribution in [0.4, 0.5) is 0 Å². The third-order valence-electron chi connectivity index (χ3n) is 4.07. The van der Waals surface area contributed by atoms with E-state index >= 15 is 0 Å². The predicted molar refractivity (Wildman–Crippen MR) is 108 cm³/mol. The van der Waals surface area contributed by atoms with E-state index in [0.29, 0.717) is 0 Å². The molecule has 160 valence electrons. The highest BCUT2D eigenvalue weighted by Crippen LogP contribution is 2.05. The molecule has 0 radical (unpaired) electrons. The second-order valence-electron chi connectivity index (χ2n) is 7.15. The van der Waals surface area contributed by atoms with Crippen LogP contribution in [0.2, 0.25) is 0 Å². The number of hydrogen-bond donors (Lipinski definition) is 5. The number of amides is 3. The Kier molecular flexibility index (Phi) is 10.4. The number of hydrogen-bond acceptors (Lipinski definition) is 5. The fourth-order valence-electron chi connectivity index (χ4n) is 2.69. The van der Waals surface area contributed by atoms with Crippen molar-refractivity contribution in [3.63, 3.8) is 0 Å². The number of aliphatic carboxylic acids is 1. The Morgan fingerprint density at radius 3 is 2.17 bits per heavy atom. The summed E-state index contributed by atoms with van der Waals surface area (Å²) in [4.78, 5) is 47.7. The summed E-state index contributed by atoms with van der Waals surface area (Å²) in [6, 6.07) is 7.22. The highest BCUT2D eigenvalue weighted by atomic mass is 16.4. The molecule has 0 saturated heterocycles. The molecular weight excluding hydrogens is 376 g/mol. The van der Waals surface area contributed by atoms with Crippen molar-refractivity contribution >= 4 is 23.7 Å². The zero-order valence-corrected chi connectivity index (χ0v) is 16.8. The van der Waals surface area contributed by atoms with E-state index < -0.39 is 36.4 Å². The molecule has 0 fully saturated rings. The smallest absolute Gasteiger partial charge is 0.326 e. The molecule has 1 aromatic carbocycles. The Morgan fingerprint density at radius 2 is 1.62 bits per heavy atom. The number of nitrogens with one attached hydrogen (secondary N) is 3. The average Bonchev–Trinajstić information content (AvgIpc) is 2.65. The quantitative estimate of drug-likeness (QED) is 0.324. The first-order chi connectivity index (χ1) is 13.7. The van der Waals surface area contributed by atoms with E-state index in [4.69, 9.17) is 5.73 Å². The minimum absolute atomic E-state index is 0.0779. The Hall–Kier alpha value is -2.94. The van der Waals surface area contributed by atoms with E-state index in [-0.39, 0.29) is 37.6 Å². The summed E-state index contributed by atoms with van der Waals surface area (Å²) in [6.45, 7) is 3.46. The van der Waals surface area contributed by atoms with E-state index in [0.717, 1.165) is 5.56 Å². The zero-order valence-electron chi connectivity index (χ0n) is 16.8. The van der Waals surface area contributed by atoms with E-state index in [1.165, 1.54) is 0 Å². The molecule has 9 heteroatoms. The molecule has 6 N–H and O–H groups in total. The molecule has 0 aromatic heterocycles. The maximum atomic E-state index is 12.5. The molecule has 3 amide bonds. The minimum atomic E-state index is -1.13. The van der Waals surface area contributed by atoms with Gasteiger partial charge in [-0.15, -0.1) is 0 Å². The monoisotopic (exact) mass is 406 g/mol. The normalized spacial score (nSPS) is 12.7. The molecule has 1 aromatic rings. The van der Waals surface area contributed by atoms with Gasteiger partial charge in [0.2, 0.25) is 17.7 Å². The Morgan fingerprint density at radius 1 is 1.00 bits per heavy atom. The second-order valence-corrected chi connectivity index (χ2v) is 7.15. The van der Waals surface area contributed by atoms with Crippen molar-refractivity contribution in [2.45, 2.75) is 45.2 Å². The van der Waals surface area contributed by atoms with Crippen LogP contribution in [0.5, 0.6) is 0 Å². The van der Waals surface area contributed by atoms with Gasteiger partial charge in [-0.25, -0.2) is 4.79 Å². The van der Waals surface area contributed by atoms with E-state index in [1.807, 2.05) is 44.2 Å². The van der Waals surface area contributed by atoms with Crippen LogP contribution in [0.3, 0.4) is 0 Å². The minimum Gasteiger partial charge on any atom is -0.480 e. The number of carboxylic acids is 1. The lowest BCUT2D eigenvalue weighted by Gasteiger charge is -2.20. The van der Waals surface area contributed by atoms with Crippen molar-refractivity contribution in [2.24, 2.45) is 11.7 Å². The van der Waals surface area contributed by atoms with Crippen molar-refractivity contribution in [1.82, 2.24) is 16.0 Å². The largest absolute Gasteiger partial charge is 0.480 e. The maximum Gasteiger partial charge on any atom is 0.326 e. The van der Waals surface area contributed by atoms with Crippen molar-refractivity contribution in [3.05, 3.63) is 35.9 Å². The van der Waals surface area contributed by atoms with Crippen LogP contribution in [0, 0.1) is 5.92 Å². The van der Waals surface area contributed by atoms with Gasteiger partial charge in [0, 0.05) is 19.4 Å². The molecule has 9 nitrogen and oxygen atoms in total. The molecule has 1 rings (SSSR count). The molecule has 2 atom stereocenters. The van der Waals surface area contributed by atoms with Crippen LogP contribution < -0.4 is 21.7 Å². The first-order valence-electron chi connectivity index (χ1n) is 9.56. The van der Waals surface area contributed by atoms with Crippen molar-refractivity contribution in [2.75, 3.05) is 13.1 Å². The van der Waals surface area contributed by atoms with E-state index in [2.05, 4.69) is 16.0 Å². The fraction of sp³-hybridized carbons (Fsp3) is 0.500. The highest BCUT2D eigenvalue weighted by molar-refractivity contribution is 5.91. The first-order valence-corrected chi connectivity index (χ1v) is 9.56. The summed E-state index contributed by atoms with van der Waals surface area (Å²) in [5, 5.41) is 16.7. The van der Waals surface area contributed by atoms with Gasteiger partial charge in [-0.05, 0) is 17.9 Å². The van der Waals surface area contributed by atoms with Gasteiger partial charge < -0.3 is 26.8 Å². The molecule has 0 saturated carbocycles. The summed E-state index contributed by atoms with van der Waals surface area (Å²) in [5.41, 5.74) is 6.22. The summed E-state index contributed by atoms with van der Waals surface area (Å²) in [6.07, 6.45) is 0.602. The van der Waals surface area contributed by atoms with Crippen LogP contribution in [0.25, 0.3) is 0 Å². The lowest BCUT2D eigenvalue weighted by atomic mass is 10.0. The van der Waals surface area contributed by atoms with E-state index in [9.17, 15) is 24.3 Å². The van der Waals surface area contributed by atoms with E-state index in [1.54, 1.807) is 0 Å². The molecule has 29 heavy (non-hydrogen) atoms. The number of carbonyl (C=O) groups is 4. The first kappa shape index (κ1) is 24.1. The van der Waals surface area contributed by atoms with Crippen LogP contribution in [-0.4, -0.2) is 54.0 Å². The third kappa shape index (κ3) is 9.70. The average molecular weight is 406 g/mol. The van der Waals surface area contributed by atoms with Crippen molar-refractivity contribution in [1.29, 1.82) is 0 Å². The van der Waals surface area contributed by atoms with Gasteiger partial charge in [0.1, 0.15) is 12.1 Å². The Balaban J connectivity index is 2.69. The molecule has 0 heterocycles. The lowest BCUT2D eigenvalue weighted by Crippen LogP contribution is -2.51. The Labute approximate surface area is 170 Å². The molecule has 0 spiro atoms. The zero-order chi connectivity index (χ0) is 21.8. The van der Waals surface area contributed by atoms with Gasteiger partial charge >= 0.3 is 5.97 Å². The fourth-order valence-corrected chi connectivity index (χ4v) is 2.69. The molecular formula is C20H30N4O5. The van der Waals surface area contributed by atoms with Gasteiger partial charge in [0.05, 0.1) is 6.54 Å². The van der Waals surface area contributed by atoms with Crippen molar-refractivity contribution < 1.29 is 24.3 Å². The van der Waals surface area contributed by atoms with Crippen LogP contribution >= 0.6 is 0 Å². The summed E-state index contributed by atoms with van der Waals surface area (Å²) >= 11 is 0. The number of benzene rings is 1. The molecule has 0 bridgehead atoms. The SMILES string of the molecule is CC(C)C[C@H](NC(=O)CNC(=O)[C@H](Cc1ccccc1)NC(=O)CCN)C(=O)O. The Bertz CT molecular complexity index is 693. The molecule has 0 aliphatic carbocycles. The van der Waals surface area contributed by atoms with Gasteiger partial charge in [0.15, 0.2) is 0 Å². The standard InChI is InChI=1S/C20H30N4O5/c1-13(2)10-16(20(28)29)24-18(26)12-22-19(27)15(23-17(25)8-9-21)11-14-6-4-3-5-7-14/h3-7,13,15-16H,8-12,21H2,1-2H3,(H,22,27)(H,23,25)(H,24,26)(H,28,29)/t15-,16-/m0/s1. The molecule has 0 unspecified atom stereocenters. The molecule has 0 aliphatic heterocycles. The van der Waals surface area contributed by atoms with Crippen molar-refractivity contribution in [3.8, 4) is 0 Å². The highest BCUT2D eigenvalue weighted by Gasteiger charge is 2.24. The maximum absolute atomic E-state index is 12.5. The number of carboxylic acid groups (broad SMARTS) is 1. The van der Waals surface area contributed by atoms with Gasteiger partial charge in [-0.2, -0.15) is 0 Å².